The SMILES string of the molecule is CC1CCCN(C2=C(c3ccc(Cl)cc3)C(=O)N(c3ccc(Cl)cc3)C2=O)C1. The number of rotatable bonds is 3. The molecular formula is C22H20Cl2N2O2. The molecule has 144 valence electrons. The molecule has 1 unspecified atom stereocenters. The number of likely N-dealkylation sites (tertiary alicyclic amines) is 1. The highest BCUT2D eigenvalue weighted by molar-refractivity contribution is 6.45. The third kappa shape index (κ3) is 3.43. The third-order valence-corrected chi connectivity index (χ3v) is 5.75. The van der Waals surface area contributed by atoms with Crippen molar-refractivity contribution < 1.29 is 9.59 Å². The second kappa shape index (κ2) is 7.61. The Morgan fingerprint density at radius 1 is 0.893 bits per heavy atom. The minimum absolute atomic E-state index is 0.286. The third-order valence-electron chi connectivity index (χ3n) is 5.25. The highest BCUT2D eigenvalue weighted by Crippen LogP contribution is 2.37. The van der Waals surface area contributed by atoms with E-state index in [4.69, 9.17) is 23.2 Å². The number of piperidine rings is 1. The lowest BCUT2D eigenvalue weighted by Crippen LogP contribution is -2.39. The second-order valence-electron chi connectivity index (χ2n) is 7.35. The highest BCUT2D eigenvalue weighted by Gasteiger charge is 2.43. The highest BCUT2D eigenvalue weighted by atomic mass is 35.5. The Labute approximate surface area is 174 Å². The van der Waals surface area contributed by atoms with E-state index in [1.807, 2.05) is 0 Å². The molecule has 0 N–H and O–H groups in total. The summed E-state index contributed by atoms with van der Waals surface area (Å²) in [6, 6.07) is 13.8. The zero-order chi connectivity index (χ0) is 19.8. The van der Waals surface area contributed by atoms with Gasteiger partial charge in [0.05, 0.1) is 11.3 Å². The van der Waals surface area contributed by atoms with Crippen LogP contribution in [0, 0.1) is 5.92 Å². The van der Waals surface area contributed by atoms with Crippen LogP contribution in [0.4, 0.5) is 5.69 Å². The van der Waals surface area contributed by atoms with E-state index in [0.29, 0.717) is 38.5 Å². The van der Waals surface area contributed by atoms with Crippen LogP contribution in [0.1, 0.15) is 25.3 Å². The molecule has 2 aromatic carbocycles. The fourth-order valence-corrected chi connectivity index (χ4v) is 4.16. The maximum Gasteiger partial charge on any atom is 0.282 e. The molecule has 1 fully saturated rings. The van der Waals surface area contributed by atoms with Crippen molar-refractivity contribution in [1.29, 1.82) is 0 Å². The quantitative estimate of drug-likeness (QED) is 0.662. The van der Waals surface area contributed by atoms with E-state index in [1.165, 1.54) is 4.90 Å². The van der Waals surface area contributed by atoms with E-state index in [9.17, 15) is 9.59 Å². The van der Waals surface area contributed by atoms with Crippen molar-refractivity contribution in [2.24, 2.45) is 5.92 Å². The summed E-state index contributed by atoms with van der Waals surface area (Å²) in [4.78, 5) is 30.1. The van der Waals surface area contributed by atoms with Gasteiger partial charge in [0.25, 0.3) is 11.8 Å². The first-order valence-electron chi connectivity index (χ1n) is 9.35. The summed E-state index contributed by atoms with van der Waals surface area (Å²) >= 11 is 12.0. The Hall–Kier alpha value is -2.30. The van der Waals surface area contributed by atoms with E-state index in [0.717, 1.165) is 25.9 Å². The summed E-state index contributed by atoms with van der Waals surface area (Å²) in [6.45, 7) is 3.71. The van der Waals surface area contributed by atoms with E-state index in [2.05, 4.69) is 11.8 Å². The smallest absolute Gasteiger partial charge is 0.282 e. The number of anilines is 1. The molecule has 1 atom stereocenters. The van der Waals surface area contributed by atoms with Crippen LogP contribution in [0.3, 0.4) is 0 Å². The van der Waals surface area contributed by atoms with E-state index in [-0.39, 0.29) is 11.8 Å². The maximum atomic E-state index is 13.4. The number of carbonyl (C=O) groups is 2. The van der Waals surface area contributed by atoms with Gasteiger partial charge in [0.1, 0.15) is 5.70 Å². The lowest BCUT2D eigenvalue weighted by atomic mass is 9.98. The first-order chi connectivity index (χ1) is 13.5. The number of amides is 2. The van der Waals surface area contributed by atoms with Crippen LogP contribution in [-0.2, 0) is 9.59 Å². The Morgan fingerprint density at radius 2 is 1.50 bits per heavy atom. The van der Waals surface area contributed by atoms with Gasteiger partial charge >= 0.3 is 0 Å². The van der Waals surface area contributed by atoms with Crippen LogP contribution in [0.25, 0.3) is 5.57 Å². The molecule has 4 rings (SSSR count). The predicted molar refractivity (Wildman–Crippen MR) is 112 cm³/mol. The monoisotopic (exact) mass is 414 g/mol. The molecule has 0 aromatic heterocycles. The molecule has 2 aliphatic heterocycles. The van der Waals surface area contributed by atoms with Gasteiger partial charge in [-0.3, -0.25) is 9.59 Å². The van der Waals surface area contributed by atoms with Gasteiger partial charge in [0, 0.05) is 23.1 Å². The van der Waals surface area contributed by atoms with Gasteiger partial charge in [-0.2, -0.15) is 0 Å². The average Bonchev–Trinajstić information content (AvgIpc) is 2.94. The normalized spacial score (nSPS) is 20.3. The molecule has 4 nitrogen and oxygen atoms in total. The Morgan fingerprint density at radius 3 is 2.11 bits per heavy atom. The number of nitrogens with zero attached hydrogens (tertiary/aromatic N) is 2. The minimum Gasteiger partial charge on any atom is -0.366 e. The molecular weight excluding hydrogens is 395 g/mol. The van der Waals surface area contributed by atoms with E-state index >= 15 is 0 Å². The Bertz CT molecular complexity index is 952. The lowest BCUT2D eigenvalue weighted by Gasteiger charge is -2.33. The largest absolute Gasteiger partial charge is 0.366 e. The first-order valence-corrected chi connectivity index (χ1v) is 10.1. The van der Waals surface area contributed by atoms with Crippen LogP contribution in [0.2, 0.25) is 10.0 Å². The maximum absolute atomic E-state index is 13.4. The summed E-state index contributed by atoms with van der Waals surface area (Å²) in [5, 5.41) is 1.14. The molecule has 0 spiro atoms. The van der Waals surface area contributed by atoms with Gasteiger partial charge in [0.15, 0.2) is 0 Å². The predicted octanol–water partition coefficient (Wildman–Crippen LogP) is 5.01. The van der Waals surface area contributed by atoms with Crippen LogP contribution >= 0.6 is 23.2 Å². The summed E-state index contributed by atoms with van der Waals surface area (Å²) in [6.07, 6.45) is 2.13. The number of hydrogen-bond donors (Lipinski definition) is 0. The van der Waals surface area contributed by atoms with Crippen molar-refractivity contribution in [3.05, 3.63) is 69.8 Å². The molecule has 0 radical (unpaired) electrons. The molecule has 0 saturated carbocycles. The van der Waals surface area contributed by atoms with Gasteiger partial charge in [-0.15, -0.1) is 0 Å². The molecule has 2 aliphatic rings. The topological polar surface area (TPSA) is 40.6 Å². The van der Waals surface area contributed by atoms with E-state index in [1.54, 1.807) is 48.5 Å². The standard InChI is InChI=1S/C22H20Cl2N2O2/c1-14-3-2-12-25(13-14)20-19(15-4-6-16(23)7-5-15)21(27)26(22(20)28)18-10-8-17(24)9-11-18/h4-11,14H,2-3,12-13H2,1H3. The number of halogens is 2. The van der Waals surface area contributed by atoms with Crippen molar-refractivity contribution in [2.75, 3.05) is 18.0 Å². The number of benzene rings is 2. The van der Waals surface area contributed by atoms with Crippen LogP contribution in [-0.4, -0.2) is 29.8 Å². The van der Waals surface area contributed by atoms with Crippen LogP contribution in [0.5, 0.6) is 0 Å². The van der Waals surface area contributed by atoms with Crippen molar-refractivity contribution in [3.8, 4) is 0 Å². The zero-order valence-electron chi connectivity index (χ0n) is 15.5. The van der Waals surface area contributed by atoms with Gasteiger partial charge in [-0.25, -0.2) is 4.90 Å². The zero-order valence-corrected chi connectivity index (χ0v) is 17.0. The summed E-state index contributed by atoms with van der Waals surface area (Å²) < 4.78 is 0. The molecule has 2 heterocycles. The number of carbonyl (C=O) groups excluding carboxylic acids is 2. The first kappa shape index (κ1) is 19.0. The van der Waals surface area contributed by atoms with Crippen molar-refractivity contribution in [1.82, 2.24) is 4.90 Å². The Kier molecular flexibility index (Phi) is 5.17. The van der Waals surface area contributed by atoms with Gasteiger partial charge in [0.2, 0.25) is 0 Å². The molecule has 0 bridgehead atoms. The number of hydrogen-bond acceptors (Lipinski definition) is 3. The average molecular weight is 415 g/mol. The molecule has 2 amide bonds. The molecule has 2 aromatic rings. The fourth-order valence-electron chi connectivity index (χ4n) is 3.91. The number of imide groups is 1. The van der Waals surface area contributed by atoms with E-state index < -0.39 is 0 Å². The summed E-state index contributed by atoms with van der Waals surface area (Å²) in [5.41, 5.74) is 2.14. The van der Waals surface area contributed by atoms with Crippen LogP contribution < -0.4 is 4.90 Å². The van der Waals surface area contributed by atoms with Crippen LogP contribution in [0.15, 0.2) is 54.2 Å². The Balaban J connectivity index is 1.82. The molecule has 1 saturated heterocycles. The van der Waals surface area contributed by atoms with Gasteiger partial charge < -0.3 is 4.90 Å². The van der Waals surface area contributed by atoms with Gasteiger partial charge in [-0.1, -0.05) is 42.3 Å². The van der Waals surface area contributed by atoms with Crippen molar-refractivity contribution >= 4 is 46.3 Å². The molecule has 28 heavy (non-hydrogen) atoms. The lowest BCUT2D eigenvalue weighted by molar-refractivity contribution is -0.120. The second-order valence-corrected chi connectivity index (χ2v) is 8.22. The molecule has 0 aliphatic carbocycles. The summed E-state index contributed by atoms with van der Waals surface area (Å²) in [7, 11) is 0. The van der Waals surface area contributed by atoms with Crippen molar-refractivity contribution in [2.45, 2.75) is 19.8 Å². The molecule has 6 heteroatoms. The fraction of sp³-hybridized carbons (Fsp3) is 0.273. The summed E-state index contributed by atoms with van der Waals surface area (Å²) in [5.74, 6) is -0.130. The minimum atomic E-state index is -0.317. The van der Waals surface area contributed by atoms with Crippen molar-refractivity contribution in [3.63, 3.8) is 0 Å². The van der Waals surface area contributed by atoms with Gasteiger partial charge in [-0.05, 0) is 60.7 Å².